The van der Waals surface area contributed by atoms with E-state index in [-0.39, 0.29) is 17.6 Å². The quantitative estimate of drug-likeness (QED) is 0.711. The second-order valence-corrected chi connectivity index (χ2v) is 9.09. The Balaban J connectivity index is 1.81. The summed E-state index contributed by atoms with van der Waals surface area (Å²) >= 11 is 3.42. The van der Waals surface area contributed by atoms with Crippen LogP contribution in [0.2, 0.25) is 0 Å². The molecule has 0 N–H and O–H groups in total. The zero-order valence-corrected chi connectivity index (χ0v) is 17.9. The van der Waals surface area contributed by atoms with E-state index in [2.05, 4.69) is 20.9 Å². The number of ether oxygens (including phenoxy) is 1. The van der Waals surface area contributed by atoms with Crippen LogP contribution in [0.1, 0.15) is 39.4 Å². The van der Waals surface area contributed by atoms with Gasteiger partial charge in [0.05, 0.1) is 10.9 Å². The van der Waals surface area contributed by atoms with Crippen molar-refractivity contribution in [1.82, 2.24) is 14.5 Å². The third kappa shape index (κ3) is 4.69. The van der Waals surface area contributed by atoms with Gasteiger partial charge in [0, 0.05) is 24.1 Å². The summed E-state index contributed by atoms with van der Waals surface area (Å²) in [6.45, 7) is 9.31. The molecule has 146 valence electrons. The number of hydrogen-bond donors (Lipinski definition) is 0. The Bertz CT molecular complexity index is 917. The minimum Gasteiger partial charge on any atom is -0.444 e. The molecule has 0 unspecified atom stereocenters. The average Bonchev–Trinajstić information content (AvgIpc) is 2.58. The largest absolute Gasteiger partial charge is 0.444 e. The standard InChI is InChI=1S/C20H26BrN3O3/c1-13-22-17-8-7-15(21)10-16(17)18(25)24(13)12-14-6-5-9-23(11-14)19(26)27-20(2,3)4/h7-8,10,14H,5-6,9,11-12H2,1-4H3/t14-/m0/s1. The van der Waals surface area contributed by atoms with Crippen molar-refractivity contribution in [2.75, 3.05) is 13.1 Å². The van der Waals surface area contributed by atoms with Crippen LogP contribution >= 0.6 is 15.9 Å². The smallest absolute Gasteiger partial charge is 0.410 e. The molecule has 0 aliphatic carbocycles. The predicted octanol–water partition coefficient (Wildman–Crippen LogP) is 4.11. The summed E-state index contributed by atoms with van der Waals surface area (Å²) in [6, 6.07) is 5.55. The number of halogens is 1. The lowest BCUT2D eigenvalue weighted by molar-refractivity contribution is 0.0156. The molecule has 27 heavy (non-hydrogen) atoms. The normalized spacial score (nSPS) is 18.0. The Labute approximate surface area is 167 Å². The molecule has 1 aromatic heterocycles. The number of nitrogens with zero attached hydrogens (tertiary/aromatic N) is 3. The number of carbonyl (C=O) groups is 1. The highest BCUT2D eigenvalue weighted by atomic mass is 79.9. The summed E-state index contributed by atoms with van der Waals surface area (Å²) in [5.41, 5.74) is 0.164. The molecule has 1 aliphatic heterocycles. The molecular formula is C20H26BrN3O3. The minimum atomic E-state index is -0.507. The Kier molecular flexibility index (Phi) is 5.60. The van der Waals surface area contributed by atoms with Gasteiger partial charge in [0.15, 0.2) is 0 Å². The van der Waals surface area contributed by atoms with E-state index in [9.17, 15) is 9.59 Å². The molecule has 2 aromatic rings. The van der Waals surface area contributed by atoms with Crippen LogP contribution in [0.25, 0.3) is 10.9 Å². The highest BCUT2D eigenvalue weighted by molar-refractivity contribution is 9.10. The van der Waals surface area contributed by atoms with E-state index >= 15 is 0 Å². The van der Waals surface area contributed by atoms with Gasteiger partial charge in [-0.2, -0.15) is 0 Å². The van der Waals surface area contributed by atoms with Crippen molar-refractivity contribution in [3.63, 3.8) is 0 Å². The van der Waals surface area contributed by atoms with E-state index in [1.165, 1.54) is 0 Å². The van der Waals surface area contributed by atoms with Crippen LogP contribution in [-0.2, 0) is 11.3 Å². The summed E-state index contributed by atoms with van der Waals surface area (Å²) in [6.07, 6.45) is 1.60. The molecule has 6 nitrogen and oxygen atoms in total. The van der Waals surface area contributed by atoms with Gasteiger partial charge in [0.2, 0.25) is 0 Å². The molecule has 3 rings (SSSR count). The number of carbonyl (C=O) groups excluding carboxylic acids is 1. The number of amides is 1. The molecule has 0 radical (unpaired) electrons. The first-order chi connectivity index (χ1) is 12.6. The first-order valence-corrected chi connectivity index (χ1v) is 10.1. The molecule has 1 atom stereocenters. The number of aryl methyl sites for hydroxylation is 1. The van der Waals surface area contributed by atoms with Gasteiger partial charge in [-0.1, -0.05) is 15.9 Å². The van der Waals surface area contributed by atoms with E-state index < -0.39 is 5.60 Å². The maximum Gasteiger partial charge on any atom is 0.410 e. The third-order valence-corrected chi connectivity index (χ3v) is 5.21. The van der Waals surface area contributed by atoms with Gasteiger partial charge in [0.1, 0.15) is 11.4 Å². The van der Waals surface area contributed by atoms with Crippen molar-refractivity contribution in [3.05, 3.63) is 38.9 Å². The van der Waals surface area contributed by atoms with Crippen LogP contribution in [0, 0.1) is 12.8 Å². The van der Waals surface area contributed by atoms with E-state index in [1.54, 1.807) is 9.47 Å². The third-order valence-electron chi connectivity index (χ3n) is 4.72. The number of piperidine rings is 1. The van der Waals surface area contributed by atoms with E-state index in [0.29, 0.717) is 36.4 Å². The van der Waals surface area contributed by atoms with Gasteiger partial charge < -0.3 is 9.64 Å². The highest BCUT2D eigenvalue weighted by Crippen LogP contribution is 2.22. The Morgan fingerprint density at radius 2 is 2.11 bits per heavy atom. The lowest BCUT2D eigenvalue weighted by Gasteiger charge is -2.34. The maximum absolute atomic E-state index is 13.0. The molecular weight excluding hydrogens is 410 g/mol. The fourth-order valence-electron chi connectivity index (χ4n) is 3.48. The summed E-state index contributed by atoms with van der Waals surface area (Å²) in [4.78, 5) is 31.7. The fourth-order valence-corrected chi connectivity index (χ4v) is 3.84. The topological polar surface area (TPSA) is 64.4 Å². The van der Waals surface area contributed by atoms with Crippen molar-refractivity contribution >= 4 is 32.9 Å². The maximum atomic E-state index is 13.0. The molecule has 1 saturated heterocycles. The van der Waals surface area contributed by atoms with E-state index in [1.807, 2.05) is 45.9 Å². The van der Waals surface area contributed by atoms with Crippen molar-refractivity contribution in [3.8, 4) is 0 Å². The molecule has 1 amide bonds. The van der Waals surface area contributed by atoms with Crippen LogP contribution in [0.5, 0.6) is 0 Å². The van der Waals surface area contributed by atoms with Crippen LogP contribution in [0.3, 0.4) is 0 Å². The number of benzene rings is 1. The number of aromatic nitrogens is 2. The predicted molar refractivity (Wildman–Crippen MR) is 109 cm³/mol. The molecule has 7 heteroatoms. The van der Waals surface area contributed by atoms with Crippen LogP contribution in [0.4, 0.5) is 4.79 Å². The van der Waals surface area contributed by atoms with Crippen LogP contribution < -0.4 is 5.56 Å². The van der Waals surface area contributed by atoms with E-state index in [4.69, 9.17) is 4.74 Å². The SMILES string of the molecule is Cc1nc2ccc(Br)cc2c(=O)n1C[C@H]1CCCN(C(=O)OC(C)(C)C)C1. The Hall–Kier alpha value is -1.89. The molecule has 0 saturated carbocycles. The lowest BCUT2D eigenvalue weighted by Crippen LogP contribution is -2.44. The summed E-state index contributed by atoms with van der Waals surface area (Å²) in [5.74, 6) is 0.901. The van der Waals surface area contributed by atoms with Gasteiger partial charge in [0.25, 0.3) is 5.56 Å². The minimum absolute atomic E-state index is 0.0341. The first kappa shape index (κ1) is 19.9. The van der Waals surface area contributed by atoms with Gasteiger partial charge in [-0.25, -0.2) is 9.78 Å². The monoisotopic (exact) mass is 435 g/mol. The van der Waals surface area contributed by atoms with Gasteiger partial charge in [-0.05, 0) is 64.7 Å². The molecule has 1 fully saturated rings. The zero-order chi connectivity index (χ0) is 19.8. The van der Waals surface area contributed by atoms with Gasteiger partial charge in [-0.15, -0.1) is 0 Å². The first-order valence-electron chi connectivity index (χ1n) is 9.28. The fraction of sp³-hybridized carbons (Fsp3) is 0.550. The van der Waals surface area contributed by atoms with Gasteiger partial charge >= 0.3 is 6.09 Å². The van der Waals surface area contributed by atoms with Crippen molar-refractivity contribution < 1.29 is 9.53 Å². The molecule has 2 heterocycles. The molecule has 0 spiro atoms. The molecule has 1 aliphatic rings. The molecule has 1 aromatic carbocycles. The highest BCUT2D eigenvalue weighted by Gasteiger charge is 2.28. The average molecular weight is 436 g/mol. The van der Waals surface area contributed by atoms with Crippen LogP contribution in [-0.4, -0.2) is 39.2 Å². The van der Waals surface area contributed by atoms with Crippen molar-refractivity contribution in [2.45, 2.75) is 52.7 Å². The Morgan fingerprint density at radius 3 is 2.81 bits per heavy atom. The number of rotatable bonds is 2. The number of hydrogen-bond acceptors (Lipinski definition) is 4. The summed E-state index contributed by atoms with van der Waals surface area (Å²) < 4.78 is 8.09. The lowest BCUT2D eigenvalue weighted by atomic mass is 9.98. The van der Waals surface area contributed by atoms with Crippen LogP contribution in [0.15, 0.2) is 27.5 Å². The van der Waals surface area contributed by atoms with E-state index in [0.717, 1.165) is 17.3 Å². The summed E-state index contributed by atoms with van der Waals surface area (Å²) in [7, 11) is 0. The zero-order valence-electron chi connectivity index (χ0n) is 16.3. The van der Waals surface area contributed by atoms with Gasteiger partial charge in [-0.3, -0.25) is 9.36 Å². The van der Waals surface area contributed by atoms with Crippen molar-refractivity contribution in [2.24, 2.45) is 5.92 Å². The second kappa shape index (κ2) is 7.62. The summed E-state index contributed by atoms with van der Waals surface area (Å²) in [5, 5.41) is 0.606. The second-order valence-electron chi connectivity index (χ2n) is 8.17. The number of likely N-dealkylation sites (tertiary alicyclic amines) is 1. The number of fused-ring (bicyclic) bond motifs is 1. The molecule has 0 bridgehead atoms. The Morgan fingerprint density at radius 1 is 1.37 bits per heavy atom. The van der Waals surface area contributed by atoms with Crippen molar-refractivity contribution in [1.29, 1.82) is 0 Å².